The molecule has 1 N–H and O–H groups in total. The summed E-state index contributed by atoms with van der Waals surface area (Å²) in [6, 6.07) is 16.3. The van der Waals surface area contributed by atoms with Gasteiger partial charge in [0.2, 0.25) is 6.10 Å². The van der Waals surface area contributed by atoms with Crippen LogP contribution in [0.1, 0.15) is 46.8 Å². The second kappa shape index (κ2) is 9.01. The largest absolute Gasteiger partial charge is 0.478 e. The van der Waals surface area contributed by atoms with E-state index in [2.05, 4.69) is 12.0 Å². The number of hydrogen-bond donors (Lipinski definition) is 1. The van der Waals surface area contributed by atoms with Crippen LogP contribution >= 0.6 is 11.6 Å². The fraction of sp³-hybridized carbons (Fsp3) is 0.240. The maximum absolute atomic E-state index is 11.8. The molecule has 32 heavy (non-hydrogen) atoms. The molecule has 2 aromatic heterocycles. The first kappa shape index (κ1) is 21.8. The number of imidazole rings is 1. The molecule has 0 saturated carbocycles. The van der Waals surface area contributed by atoms with Gasteiger partial charge in [-0.1, -0.05) is 48.9 Å². The van der Waals surface area contributed by atoms with Gasteiger partial charge in [0, 0.05) is 17.0 Å². The monoisotopic (exact) mass is 449 g/mol. The van der Waals surface area contributed by atoms with Crippen molar-refractivity contribution in [2.24, 2.45) is 0 Å². The molecule has 4 aromatic rings. The number of halogens is 1. The number of ether oxygens (including phenoxy) is 1. The van der Waals surface area contributed by atoms with Crippen LogP contribution in [-0.2, 0) is 17.6 Å². The minimum atomic E-state index is -1.19. The van der Waals surface area contributed by atoms with Gasteiger partial charge in [-0.2, -0.15) is 5.10 Å². The lowest BCUT2D eigenvalue weighted by atomic mass is 10.1. The minimum Gasteiger partial charge on any atom is -0.478 e. The Kier molecular flexibility index (Phi) is 6.15. The molecule has 164 valence electrons. The van der Waals surface area contributed by atoms with Crippen molar-refractivity contribution in [3.63, 3.8) is 0 Å². The zero-order chi connectivity index (χ0) is 22.8. The molecule has 2 heterocycles. The van der Waals surface area contributed by atoms with Gasteiger partial charge in [-0.25, -0.2) is 14.3 Å². The van der Waals surface area contributed by atoms with Gasteiger partial charge in [0.25, 0.3) is 0 Å². The molecular weight excluding hydrogens is 426 g/mol. The molecule has 0 fully saturated rings. The third-order valence-corrected chi connectivity index (χ3v) is 5.71. The van der Waals surface area contributed by atoms with E-state index in [1.165, 1.54) is 0 Å². The van der Waals surface area contributed by atoms with E-state index in [-0.39, 0.29) is 0 Å². The van der Waals surface area contributed by atoms with Crippen molar-refractivity contribution in [2.75, 3.05) is 0 Å². The van der Waals surface area contributed by atoms with Crippen LogP contribution < -0.4 is 4.74 Å². The Balaban J connectivity index is 1.60. The van der Waals surface area contributed by atoms with Gasteiger partial charge in [-0.05, 0) is 55.7 Å². The number of aliphatic carboxylic acids is 1. The van der Waals surface area contributed by atoms with E-state index in [4.69, 9.17) is 21.3 Å². The predicted octanol–water partition coefficient (Wildman–Crippen LogP) is 5.36. The number of carboxylic acid groups (broad SMARTS) is 1. The topological polar surface area (TPSA) is 76.7 Å². The zero-order valence-electron chi connectivity index (χ0n) is 18.2. The van der Waals surface area contributed by atoms with Gasteiger partial charge < -0.3 is 9.84 Å². The summed E-state index contributed by atoms with van der Waals surface area (Å²) in [6.45, 7) is 6.11. The molecule has 0 aliphatic rings. The normalized spacial score (nSPS) is 12.1. The zero-order valence-corrected chi connectivity index (χ0v) is 18.9. The first-order valence-corrected chi connectivity index (χ1v) is 10.8. The number of benzene rings is 2. The Morgan fingerprint density at radius 3 is 2.53 bits per heavy atom. The Hall–Kier alpha value is -3.38. The fourth-order valence-corrected chi connectivity index (χ4v) is 4.06. The molecule has 0 bridgehead atoms. The highest BCUT2D eigenvalue weighted by atomic mass is 35.5. The predicted molar refractivity (Wildman–Crippen MR) is 124 cm³/mol. The van der Waals surface area contributed by atoms with Gasteiger partial charge in [0.1, 0.15) is 5.75 Å². The molecule has 1 unspecified atom stereocenters. The number of carboxylic acids is 1. The van der Waals surface area contributed by atoms with Crippen molar-refractivity contribution < 1.29 is 14.6 Å². The molecule has 0 radical (unpaired) electrons. The van der Waals surface area contributed by atoms with Gasteiger partial charge in [-0.15, -0.1) is 0 Å². The van der Waals surface area contributed by atoms with Gasteiger partial charge in [-0.3, -0.25) is 0 Å². The molecule has 7 heteroatoms. The third-order valence-electron chi connectivity index (χ3n) is 5.36. The summed E-state index contributed by atoms with van der Waals surface area (Å²) in [6.07, 6.45) is 0.291. The second-order valence-corrected chi connectivity index (χ2v) is 8.15. The summed E-state index contributed by atoms with van der Waals surface area (Å²) in [7, 11) is 0. The lowest BCUT2D eigenvalue weighted by Gasteiger charge is -2.17. The third kappa shape index (κ3) is 4.32. The maximum atomic E-state index is 11.8. The quantitative estimate of drug-likeness (QED) is 0.411. The van der Waals surface area contributed by atoms with Crippen LogP contribution in [0.3, 0.4) is 0 Å². The average Bonchev–Trinajstić information content (AvgIpc) is 3.11. The molecule has 6 nitrogen and oxygen atoms in total. The summed E-state index contributed by atoms with van der Waals surface area (Å²) in [4.78, 5) is 16.6. The molecule has 4 rings (SSSR count). The van der Waals surface area contributed by atoms with E-state index in [9.17, 15) is 9.90 Å². The Morgan fingerprint density at radius 2 is 1.88 bits per heavy atom. The van der Waals surface area contributed by atoms with Crippen LogP contribution in [0, 0.1) is 13.8 Å². The number of aromatic nitrogens is 3. The number of carbonyl (C=O) groups is 1. The molecule has 0 amide bonds. The Labute approximate surface area is 191 Å². The smallest absolute Gasteiger partial charge is 0.349 e. The van der Waals surface area contributed by atoms with Gasteiger partial charge in [0.05, 0.1) is 17.1 Å². The first-order valence-electron chi connectivity index (χ1n) is 10.4. The van der Waals surface area contributed by atoms with Crippen LogP contribution in [0.2, 0.25) is 5.02 Å². The standard InChI is InChI=1S/C25H24ClN3O3/c1-4-21-22(29-24(27-21)15(2)13-16(3)28-29)14-17-9-11-18(12-10-17)32-23(25(30)31)19-7-5-6-8-20(19)26/h5-13,23H,4,14H2,1-3H3,(H,30,31). The maximum Gasteiger partial charge on any atom is 0.349 e. The fourth-order valence-electron chi connectivity index (χ4n) is 3.83. The molecule has 0 spiro atoms. The Morgan fingerprint density at radius 1 is 1.16 bits per heavy atom. The van der Waals surface area contributed by atoms with E-state index in [0.717, 1.165) is 40.3 Å². The minimum absolute atomic E-state index is 0.356. The van der Waals surface area contributed by atoms with E-state index in [0.29, 0.717) is 22.8 Å². The molecular formula is C25H24ClN3O3. The molecule has 1 atom stereocenters. The van der Waals surface area contributed by atoms with Crippen molar-refractivity contribution >= 4 is 23.2 Å². The van der Waals surface area contributed by atoms with E-state index < -0.39 is 12.1 Å². The van der Waals surface area contributed by atoms with Crippen molar-refractivity contribution in [3.05, 3.63) is 93.4 Å². The van der Waals surface area contributed by atoms with Crippen LogP contribution in [0.5, 0.6) is 5.75 Å². The average molecular weight is 450 g/mol. The van der Waals surface area contributed by atoms with Gasteiger partial charge in [0.15, 0.2) is 5.65 Å². The summed E-state index contributed by atoms with van der Waals surface area (Å²) < 4.78 is 7.70. The summed E-state index contributed by atoms with van der Waals surface area (Å²) >= 11 is 6.17. The molecule has 2 aromatic carbocycles. The lowest BCUT2D eigenvalue weighted by molar-refractivity contribution is -0.145. The van der Waals surface area contributed by atoms with Crippen molar-refractivity contribution in [1.82, 2.24) is 14.6 Å². The van der Waals surface area contributed by atoms with Crippen LogP contribution in [-0.4, -0.2) is 25.7 Å². The van der Waals surface area contributed by atoms with E-state index in [1.54, 1.807) is 36.4 Å². The van der Waals surface area contributed by atoms with Gasteiger partial charge >= 0.3 is 5.97 Å². The highest BCUT2D eigenvalue weighted by Gasteiger charge is 2.24. The summed E-state index contributed by atoms with van der Waals surface area (Å²) in [5.74, 6) is -0.642. The number of fused-ring (bicyclic) bond motifs is 1. The lowest BCUT2D eigenvalue weighted by Crippen LogP contribution is -2.18. The number of hydrogen-bond acceptors (Lipinski definition) is 4. The summed E-state index contributed by atoms with van der Waals surface area (Å²) in [5, 5.41) is 14.7. The number of nitrogens with zero attached hydrogens (tertiary/aromatic N) is 3. The van der Waals surface area contributed by atoms with Crippen LogP contribution in [0.4, 0.5) is 0 Å². The molecule has 0 aliphatic carbocycles. The van der Waals surface area contributed by atoms with E-state index >= 15 is 0 Å². The first-order chi connectivity index (χ1) is 15.4. The van der Waals surface area contributed by atoms with E-state index in [1.807, 2.05) is 36.6 Å². The highest BCUT2D eigenvalue weighted by molar-refractivity contribution is 6.31. The number of aryl methyl sites for hydroxylation is 3. The molecule has 0 saturated heterocycles. The van der Waals surface area contributed by atoms with Crippen LogP contribution in [0.15, 0.2) is 54.6 Å². The second-order valence-electron chi connectivity index (χ2n) is 7.74. The van der Waals surface area contributed by atoms with Crippen molar-refractivity contribution in [2.45, 2.75) is 39.7 Å². The SMILES string of the molecule is CCc1nc2c(C)cc(C)nn2c1Cc1ccc(OC(C(=O)O)c2ccccc2Cl)cc1. The van der Waals surface area contributed by atoms with Crippen molar-refractivity contribution in [3.8, 4) is 5.75 Å². The molecule has 0 aliphatic heterocycles. The Bertz CT molecular complexity index is 1280. The highest BCUT2D eigenvalue weighted by Crippen LogP contribution is 2.28. The van der Waals surface area contributed by atoms with Crippen LogP contribution in [0.25, 0.3) is 5.65 Å². The number of rotatable bonds is 7. The van der Waals surface area contributed by atoms with Crippen molar-refractivity contribution in [1.29, 1.82) is 0 Å². The summed E-state index contributed by atoms with van der Waals surface area (Å²) in [5.41, 5.74) is 6.48.